The maximum Gasteiger partial charge on any atom is 0.275 e. The van der Waals surface area contributed by atoms with Crippen molar-refractivity contribution in [3.8, 4) is 12.3 Å². The van der Waals surface area contributed by atoms with Crippen molar-refractivity contribution in [1.29, 1.82) is 0 Å². The summed E-state index contributed by atoms with van der Waals surface area (Å²) in [6, 6.07) is 3.33. The Bertz CT molecular complexity index is 395. The predicted octanol–water partition coefficient (Wildman–Crippen LogP) is 0.759. The van der Waals surface area contributed by atoms with Crippen molar-refractivity contribution < 1.29 is 4.79 Å². The van der Waals surface area contributed by atoms with Gasteiger partial charge in [0.15, 0.2) is 5.69 Å². The minimum Gasteiger partial charge on any atom is -0.397 e. The third kappa shape index (κ3) is 2.47. The molecule has 0 radical (unpaired) electrons. The molecule has 0 fully saturated rings. The van der Waals surface area contributed by atoms with Crippen molar-refractivity contribution in [2.45, 2.75) is 6.92 Å². The van der Waals surface area contributed by atoms with Gasteiger partial charge in [-0.15, -0.1) is 6.42 Å². The molecule has 0 aliphatic heterocycles. The van der Waals surface area contributed by atoms with E-state index >= 15 is 0 Å². The zero-order valence-corrected chi connectivity index (χ0v) is 8.60. The van der Waals surface area contributed by atoms with E-state index in [1.54, 1.807) is 12.1 Å². The first kappa shape index (κ1) is 11.1. The molecule has 4 nitrogen and oxygen atoms in total. The second kappa shape index (κ2) is 5.01. The Morgan fingerprint density at radius 1 is 1.73 bits per heavy atom. The van der Waals surface area contributed by atoms with Gasteiger partial charge in [0, 0.05) is 12.7 Å². The van der Waals surface area contributed by atoms with Crippen LogP contribution in [0.4, 0.5) is 5.69 Å². The standard InChI is InChI=1S/C11H13N3O/c1-3-8-14(4-2)11(15)10-9(12)6-5-7-13-10/h1,5-7H,4,8,12H2,2H3. The van der Waals surface area contributed by atoms with Crippen LogP contribution >= 0.6 is 0 Å². The number of rotatable bonds is 3. The topological polar surface area (TPSA) is 59.2 Å². The molecule has 1 amide bonds. The van der Waals surface area contributed by atoms with Crippen LogP contribution in [0.3, 0.4) is 0 Å². The minimum atomic E-state index is -0.228. The van der Waals surface area contributed by atoms with Crippen LogP contribution in [0.15, 0.2) is 18.3 Å². The highest BCUT2D eigenvalue weighted by atomic mass is 16.2. The third-order valence-corrected chi connectivity index (χ3v) is 1.99. The number of amides is 1. The van der Waals surface area contributed by atoms with Gasteiger partial charge in [-0.05, 0) is 19.1 Å². The molecule has 0 aromatic carbocycles. The number of pyridine rings is 1. The largest absolute Gasteiger partial charge is 0.397 e. The highest BCUT2D eigenvalue weighted by molar-refractivity contribution is 5.97. The van der Waals surface area contributed by atoms with E-state index in [0.717, 1.165) is 0 Å². The first-order chi connectivity index (χ1) is 7.20. The van der Waals surface area contributed by atoms with Crippen molar-refractivity contribution >= 4 is 11.6 Å². The van der Waals surface area contributed by atoms with Gasteiger partial charge in [0.1, 0.15) is 0 Å². The van der Waals surface area contributed by atoms with Crippen LogP contribution in [0.2, 0.25) is 0 Å². The summed E-state index contributed by atoms with van der Waals surface area (Å²) >= 11 is 0. The Labute approximate surface area is 89.1 Å². The van der Waals surface area contributed by atoms with Crippen LogP contribution in [0.5, 0.6) is 0 Å². The van der Waals surface area contributed by atoms with Gasteiger partial charge in [0.05, 0.1) is 12.2 Å². The van der Waals surface area contributed by atoms with Gasteiger partial charge in [0.25, 0.3) is 5.91 Å². The van der Waals surface area contributed by atoms with Crippen LogP contribution < -0.4 is 5.73 Å². The molecule has 0 aliphatic rings. The summed E-state index contributed by atoms with van der Waals surface area (Å²) in [6.45, 7) is 2.67. The van der Waals surface area contributed by atoms with Crippen molar-refractivity contribution in [3.05, 3.63) is 24.0 Å². The lowest BCUT2D eigenvalue weighted by atomic mass is 10.2. The fourth-order valence-electron chi connectivity index (χ4n) is 1.18. The lowest BCUT2D eigenvalue weighted by Crippen LogP contribution is -2.32. The Morgan fingerprint density at radius 2 is 2.47 bits per heavy atom. The summed E-state index contributed by atoms with van der Waals surface area (Å²) in [5, 5.41) is 0. The van der Waals surface area contributed by atoms with Crippen LogP contribution in [-0.2, 0) is 0 Å². The highest BCUT2D eigenvalue weighted by Crippen LogP contribution is 2.09. The molecule has 15 heavy (non-hydrogen) atoms. The second-order valence-corrected chi connectivity index (χ2v) is 2.96. The number of anilines is 1. The lowest BCUT2D eigenvalue weighted by molar-refractivity contribution is 0.0780. The maximum absolute atomic E-state index is 11.9. The summed E-state index contributed by atoms with van der Waals surface area (Å²) in [4.78, 5) is 17.3. The Kier molecular flexibility index (Phi) is 3.69. The molecule has 78 valence electrons. The van der Waals surface area contributed by atoms with Crippen LogP contribution in [0.25, 0.3) is 0 Å². The monoisotopic (exact) mass is 203 g/mol. The van der Waals surface area contributed by atoms with Crippen molar-refractivity contribution in [1.82, 2.24) is 9.88 Å². The van der Waals surface area contributed by atoms with Crippen molar-refractivity contribution in [2.75, 3.05) is 18.8 Å². The van der Waals surface area contributed by atoms with E-state index in [2.05, 4.69) is 10.9 Å². The van der Waals surface area contributed by atoms with E-state index in [-0.39, 0.29) is 18.1 Å². The first-order valence-electron chi connectivity index (χ1n) is 4.64. The van der Waals surface area contributed by atoms with Crippen LogP contribution in [0, 0.1) is 12.3 Å². The van der Waals surface area contributed by atoms with Gasteiger partial charge in [-0.2, -0.15) is 0 Å². The van der Waals surface area contributed by atoms with Crippen molar-refractivity contribution in [3.63, 3.8) is 0 Å². The van der Waals surface area contributed by atoms with Gasteiger partial charge >= 0.3 is 0 Å². The van der Waals surface area contributed by atoms with E-state index < -0.39 is 0 Å². The number of hydrogen-bond donors (Lipinski definition) is 1. The first-order valence-corrected chi connectivity index (χ1v) is 4.64. The number of nitrogens with two attached hydrogens (primary N) is 1. The Balaban J connectivity index is 2.94. The molecule has 1 heterocycles. The Morgan fingerprint density at radius 3 is 3.00 bits per heavy atom. The summed E-state index contributed by atoms with van der Waals surface area (Å²) in [5.74, 6) is 2.20. The molecular formula is C11H13N3O. The third-order valence-electron chi connectivity index (χ3n) is 1.99. The van der Waals surface area contributed by atoms with Gasteiger partial charge in [-0.1, -0.05) is 5.92 Å². The maximum atomic E-state index is 11.9. The average molecular weight is 203 g/mol. The molecule has 0 saturated heterocycles. The number of carbonyl (C=O) groups is 1. The molecule has 0 aliphatic carbocycles. The molecule has 0 atom stereocenters. The quantitative estimate of drug-likeness (QED) is 0.738. The van der Waals surface area contributed by atoms with Gasteiger partial charge in [0.2, 0.25) is 0 Å². The lowest BCUT2D eigenvalue weighted by Gasteiger charge is -2.17. The number of nitrogen functional groups attached to an aromatic ring is 1. The fourth-order valence-corrected chi connectivity index (χ4v) is 1.18. The normalized spacial score (nSPS) is 9.33. The molecule has 1 rings (SSSR count). The number of aromatic nitrogens is 1. The van der Waals surface area contributed by atoms with E-state index in [1.807, 2.05) is 6.92 Å². The predicted molar refractivity (Wildman–Crippen MR) is 59.1 cm³/mol. The number of terminal acetylenes is 1. The summed E-state index contributed by atoms with van der Waals surface area (Å²) in [6.07, 6.45) is 6.70. The van der Waals surface area contributed by atoms with E-state index in [4.69, 9.17) is 12.2 Å². The summed E-state index contributed by atoms with van der Waals surface area (Å²) in [5.41, 5.74) is 6.28. The zero-order chi connectivity index (χ0) is 11.3. The molecule has 0 unspecified atom stereocenters. The molecular weight excluding hydrogens is 190 g/mol. The zero-order valence-electron chi connectivity index (χ0n) is 8.60. The highest BCUT2D eigenvalue weighted by Gasteiger charge is 2.16. The van der Waals surface area contributed by atoms with Gasteiger partial charge in [-0.25, -0.2) is 4.98 Å². The molecule has 1 aromatic heterocycles. The number of nitrogens with zero attached hydrogens (tertiary/aromatic N) is 2. The molecule has 0 spiro atoms. The Hall–Kier alpha value is -2.02. The van der Waals surface area contributed by atoms with Gasteiger partial charge < -0.3 is 10.6 Å². The molecule has 1 aromatic rings. The molecule has 4 heteroatoms. The number of carbonyl (C=O) groups excluding carboxylic acids is 1. The molecule has 0 saturated carbocycles. The fraction of sp³-hybridized carbons (Fsp3) is 0.273. The average Bonchev–Trinajstić information content (AvgIpc) is 2.25. The van der Waals surface area contributed by atoms with Crippen molar-refractivity contribution in [2.24, 2.45) is 0 Å². The van der Waals surface area contributed by atoms with E-state index in [1.165, 1.54) is 11.1 Å². The molecule has 0 bridgehead atoms. The minimum absolute atomic E-state index is 0.228. The SMILES string of the molecule is C#CCN(CC)C(=O)c1ncccc1N. The second-order valence-electron chi connectivity index (χ2n) is 2.96. The number of hydrogen-bond acceptors (Lipinski definition) is 3. The molecule has 2 N–H and O–H groups in total. The summed E-state index contributed by atoms with van der Waals surface area (Å²) in [7, 11) is 0. The summed E-state index contributed by atoms with van der Waals surface area (Å²) < 4.78 is 0. The van der Waals surface area contributed by atoms with E-state index in [0.29, 0.717) is 12.2 Å². The smallest absolute Gasteiger partial charge is 0.275 e. The van der Waals surface area contributed by atoms with Crippen LogP contribution in [0.1, 0.15) is 17.4 Å². The van der Waals surface area contributed by atoms with Crippen LogP contribution in [-0.4, -0.2) is 28.9 Å². The van der Waals surface area contributed by atoms with E-state index in [9.17, 15) is 4.79 Å². The van der Waals surface area contributed by atoms with Gasteiger partial charge in [-0.3, -0.25) is 4.79 Å².